The number of carbonyl (C=O) groups is 2. The van der Waals surface area contributed by atoms with Crippen molar-refractivity contribution in [3.05, 3.63) is 34.3 Å². The molecule has 1 aromatic carbocycles. The summed E-state index contributed by atoms with van der Waals surface area (Å²) < 4.78 is 0.970. The molecule has 1 N–H and O–H groups in total. The number of rotatable bonds is 3. The predicted molar refractivity (Wildman–Crippen MR) is 70.1 cm³/mol. The van der Waals surface area contributed by atoms with Gasteiger partial charge in [-0.15, -0.1) is 0 Å². The van der Waals surface area contributed by atoms with E-state index in [-0.39, 0.29) is 11.9 Å². The Hall–Kier alpha value is -1.36. The Kier molecular flexibility index (Phi) is 4.01. The first-order chi connectivity index (χ1) is 8.58. The second-order valence-electron chi connectivity index (χ2n) is 4.37. The number of hydrogen-bond donors (Lipinski definition) is 1. The number of hydrogen-bond acceptors (Lipinski definition) is 2. The van der Waals surface area contributed by atoms with Crippen LogP contribution in [0.5, 0.6) is 0 Å². The van der Waals surface area contributed by atoms with Crippen molar-refractivity contribution in [2.45, 2.75) is 25.3 Å². The topological polar surface area (TPSA) is 57.6 Å². The van der Waals surface area contributed by atoms with Gasteiger partial charge in [-0.25, -0.2) is 0 Å². The summed E-state index contributed by atoms with van der Waals surface area (Å²) in [7, 11) is 0. The molecule has 1 aliphatic rings. The molecule has 1 fully saturated rings. The lowest BCUT2D eigenvalue weighted by molar-refractivity contribution is -0.144. The van der Waals surface area contributed by atoms with Gasteiger partial charge >= 0.3 is 5.97 Å². The van der Waals surface area contributed by atoms with Crippen molar-refractivity contribution in [2.24, 2.45) is 0 Å². The molecule has 96 valence electrons. The average molecular weight is 312 g/mol. The van der Waals surface area contributed by atoms with Crippen molar-refractivity contribution < 1.29 is 14.7 Å². The van der Waals surface area contributed by atoms with E-state index in [0.29, 0.717) is 6.54 Å². The highest BCUT2D eigenvalue weighted by Gasteiger charge is 2.30. The van der Waals surface area contributed by atoms with Crippen LogP contribution in [0.4, 0.5) is 0 Å². The number of likely N-dealkylation sites (tertiary alicyclic amines) is 1. The molecule has 0 aromatic heterocycles. The van der Waals surface area contributed by atoms with Crippen LogP contribution in [0.15, 0.2) is 28.7 Å². The van der Waals surface area contributed by atoms with Crippen LogP contribution >= 0.6 is 15.9 Å². The molecule has 0 aliphatic carbocycles. The first-order valence-electron chi connectivity index (χ1n) is 5.84. The third-order valence-corrected chi connectivity index (χ3v) is 3.60. The molecule has 4 nitrogen and oxygen atoms in total. The van der Waals surface area contributed by atoms with Crippen LogP contribution in [0.2, 0.25) is 0 Å². The van der Waals surface area contributed by atoms with Crippen LogP contribution in [0.25, 0.3) is 0 Å². The Morgan fingerprint density at radius 2 is 2.22 bits per heavy atom. The molecular formula is C13H14BrNO3. The first-order valence-corrected chi connectivity index (χ1v) is 6.64. The van der Waals surface area contributed by atoms with Crippen LogP contribution in [-0.4, -0.2) is 28.4 Å². The lowest BCUT2D eigenvalue weighted by atomic mass is 10.0. The number of benzene rings is 1. The largest absolute Gasteiger partial charge is 0.481 e. The van der Waals surface area contributed by atoms with Crippen LogP contribution in [-0.2, 0) is 9.59 Å². The average Bonchev–Trinajstić information content (AvgIpc) is 2.76. The number of amides is 1. The molecule has 1 unspecified atom stereocenters. The number of carboxylic acids is 1. The molecule has 1 aromatic rings. The van der Waals surface area contributed by atoms with Gasteiger partial charge in [0.25, 0.3) is 0 Å². The van der Waals surface area contributed by atoms with E-state index in [0.717, 1.165) is 22.9 Å². The van der Waals surface area contributed by atoms with Gasteiger partial charge in [-0.2, -0.15) is 0 Å². The maximum absolute atomic E-state index is 11.9. The standard InChI is InChI=1S/C13H14BrNO3/c14-10-4-1-3-9(7-10)11-5-2-6-15(11)12(16)8-13(17)18/h1,3-4,7,11H,2,5-6,8H2,(H,17,18). The van der Waals surface area contributed by atoms with Crippen molar-refractivity contribution in [1.29, 1.82) is 0 Å². The fraction of sp³-hybridized carbons (Fsp3) is 0.385. The Labute approximate surface area is 114 Å². The minimum absolute atomic E-state index is 0.00866. The van der Waals surface area contributed by atoms with Gasteiger partial charge in [-0.3, -0.25) is 9.59 Å². The number of nitrogens with zero attached hydrogens (tertiary/aromatic N) is 1. The van der Waals surface area contributed by atoms with Crippen LogP contribution < -0.4 is 0 Å². The van der Waals surface area contributed by atoms with Crippen LogP contribution in [0.1, 0.15) is 30.9 Å². The van der Waals surface area contributed by atoms with Crippen molar-refractivity contribution in [3.63, 3.8) is 0 Å². The van der Waals surface area contributed by atoms with Gasteiger partial charge in [0.2, 0.25) is 5.91 Å². The quantitative estimate of drug-likeness (QED) is 0.873. The molecule has 2 rings (SSSR count). The number of aliphatic carboxylic acids is 1. The van der Waals surface area contributed by atoms with E-state index < -0.39 is 12.4 Å². The molecule has 0 bridgehead atoms. The smallest absolute Gasteiger partial charge is 0.312 e. The van der Waals surface area contributed by atoms with E-state index in [9.17, 15) is 9.59 Å². The van der Waals surface area contributed by atoms with Crippen molar-refractivity contribution in [1.82, 2.24) is 4.90 Å². The fourth-order valence-electron chi connectivity index (χ4n) is 2.36. The van der Waals surface area contributed by atoms with E-state index >= 15 is 0 Å². The zero-order valence-electron chi connectivity index (χ0n) is 9.80. The molecule has 5 heteroatoms. The molecule has 0 radical (unpaired) electrons. The monoisotopic (exact) mass is 311 g/mol. The molecule has 1 aliphatic heterocycles. The number of carbonyl (C=O) groups excluding carboxylic acids is 1. The summed E-state index contributed by atoms with van der Waals surface area (Å²) in [6.07, 6.45) is 1.38. The summed E-state index contributed by atoms with van der Waals surface area (Å²) in [6, 6.07) is 7.83. The third kappa shape index (κ3) is 2.90. The summed E-state index contributed by atoms with van der Waals surface area (Å²) in [5.41, 5.74) is 1.06. The maximum Gasteiger partial charge on any atom is 0.312 e. The lowest BCUT2D eigenvalue weighted by Gasteiger charge is -2.24. The molecular weight excluding hydrogens is 298 g/mol. The molecule has 0 saturated carbocycles. The Morgan fingerprint density at radius 1 is 1.44 bits per heavy atom. The summed E-state index contributed by atoms with van der Waals surface area (Å²) >= 11 is 3.41. The SMILES string of the molecule is O=C(O)CC(=O)N1CCCC1c1cccc(Br)c1. The first kappa shape index (κ1) is 13.1. The highest BCUT2D eigenvalue weighted by Crippen LogP contribution is 2.33. The minimum atomic E-state index is -1.07. The van der Waals surface area contributed by atoms with Crippen molar-refractivity contribution >= 4 is 27.8 Å². The summed E-state index contributed by atoms with van der Waals surface area (Å²) in [5, 5.41) is 8.69. The second-order valence-corrected chi connectivity index (χ2v) is 5.29. The Bertz CT molecular complexity index is 475. The van der Waals surface area contributed by atoms with Crippen LogP contribution in [0.3, 0.4) is 0 Å². The van der Waals surface area contributed by atoms with E-state index in [4.69, 9.17) is 5.11 Å². The molecule has 0 spiro atoms. The van der Waals surface area contributed by atoms with E-state index in [2.05, 4.69) is 15.9 Å². The highest BCUT2D eigenvalue weighted by atomic mass is 79.9. The Balaban J connectivity index is 2.17. The van der Waals surface area contributed by atoms with Gasteiger partial charge in [0.15, 0.2) is 0 Å². The molecule has 1 heterocycles. The zero-order valence-corrected chi connectivity index (χ0v) is 11.4. The van der Waals surface area contributed by atoms with E-state index in [1.54, 1.807) is 4.90 Å². The summed E-state index contributed by atoms with van der Waals surface area (Å²) in [5.74, 6) is -1.37. The Morgan fingerprint density at radius 3 is 2.89 bits per heavy atom. The third-order valence-electron chi connectivity index (χ3n) is 3.11. The number of carboxylic acid groups (broad SMARTS) is 1. The van der Waals surface area contributed by atoms with Gasteiger partial charge in [-0.1, -0.05) is 28.1 Å². The molecule has 1 atom stereocenters. The summed E-state index contributed by atoms with van der Waals surface area (Å²) in [6.45, 7) is 0.642. The van der Waals surface area contributed by atoms with E-state index in [1.165, 1.54) is 0 Å². The van der Waals surface area contributed by atoms with Crippen LogP contribution in [0, 0.1) is 0 Å². The van der Waals surface area contributed by atoms with Crippen molar-refractivity contribution in [3.8, 4) is 0 Å². The molecule has 1 amide bonds. The molecule has 18 heavy (non-hydrogen) atoms. The summed E-state index contributed by atoms with van der Waals surface area (Å²) in [4.78, 5) is 24.1. The fourth-order valence-corrected chi connectivity index (χ4v) is 2.77. The predicted octanol–water partition coefficient (Wildman–Crippen LogP) is 2.59. The maximum atomic E-state index is 11.9. The normalized spacial score (nSPS) is 18.9. The zero-order chi connectivity index (χ0) is 13.1. The van der Waals surface area contributed by atoms with Crippen molar-refractivity contribution in [2.75, 3.05) is 6.54 Å². The number of halogens is 1. The molecule has 1 saturated heterocycles. The van der Waals surface area contributed by atoms with Gasteiger partial charge in [0.05, 0.1) is 6.04 Å². The minimum Gasteiger partial charge on any atom is -0.481 e. The van der Waals surface area contributed by atoms with E-state index in [1.807, 2.05) is 24.3 Å². The van der Waals surface area contributed by atoms with Gasteiger partial charge in [-0.05, 0) is 30.5 Å². The highest BCUT2D eigenvalue weighted by molar-refractivity contribution is 9.10. The second kappa shape index (κ2) is 5.52. The lowest BCUT2D eigenvalue weighted by Crippen LogP contribution is -2.31. The van der Waals surface area contributed by atoms with Gasteiger partial charge in [0.1, 0.15) is 6.42 Å². The van der Waals surface area contributed by atoms with Gasteiger partial charge in [0, 0.05) is 11.0 Å². The van der Waals surface area contributed by atoms with Gasteiger partial charge < -0.3 is 10.0 Å².